The highest BCUT2D eigenvalue weighted by atomic mass is 16.5. The Morgan fingerprint density at radius 1 is 0.972 bits per heavy atom. The Labute approximate surface area is 212 Å². The third kappa shape index (κ3) is 5.38. The number of rotatable bonds is 7. The van der Waals surface area contributed by atoms with Crippen molar-refractivity contribution in [3.63, 3.8) is 0 Å². The van der Waals surface area contributed by atoms with Crippen LogP contribution in [0.2, 0.25) is 0 Å². The summed E-state index contributed by atoms with van der Waals surface area (Å²) in [7, 11) is 1.64. The minimum atomic E-state index is -0.552. The minimum Gasteiger partial charge on any atom is -0.497 e. The van der Waals surface area contributed by atoms with Crippen LogP contribution in [0, 0.1) is 11.3 Å². The number of methoxy groups -OCH3 is 1. The normalized spacial score (nSPS) is 11.8. The number of hydrogen-bond donors (Lipinski definition) is 2. The van der Waals surface area contributed by atoms with Crippen molar-refractivity contribution in [2.24, 2.45) is 11.3 Å². The van der Waals surface area contributed by atoms with Crippen molar-refractivity contribution in [1.82, 2.24) is 4.98 Å². The minimum absolute atomic E-state index is 0.0517. The molecule has 0 atom stereocenters. The first-order chi connectivity index (χ1) is 17.1. The highest BCUT2D eigenvalue weighted by molar-refractivity contribution is 6.18. The molecule has 1 amide bonds. The lowest BCUT2D eigenvalue weighted by atomic mass is 9.84. The van der Waals surface area contributed by atoms with Crippen LogP contribution in [0.25, 0.3) is 32.9 Å². The van der Waals surface area contributed by atoms with Gasteiger partial charge < -0.3 is 14.5 Å². The Balaban J connectivity index is 1.79. The molecule has 0 aliphatic carbocycles. The van der Waals surface area contributed by atoms with E-state index in [-0.39, 0.29) is 5.78 Å². The molecular weight excluding hydrogens is 452 g/mol. The monoisotopic (exact) mass is 486 g/mol. The van der Waals surface area contributed by atoms with Crippen LogP contribution in [0.4, 0.5) is 10.5 Å². The van der Waals surface area contributed by atoms with Gasteiger partial charge in [0.2, 0.25) is 0 Å². The Hall–Kier alpha value is -3.80. The van der Waals surface area contributed by atoms with E-state index in [1.54, 1.807) is 7.11 Å². The summed E-state index contributed by atoms with van der Waals surface area (Å²) in [4.78, 5) is 29.2. The van der Waals surface area contributed by atoms with E-state index in [1.165, 1.54) is 0 Å². The SMILES string of the molecule is COc1cccc(-c2cc(C(=O)C(C)(C)C)c3[nH]c4cc(NC(=O)OCCC(C)C)ccc4c3c2)c1. The van der Waals surface area contributed by atoms with Crippen LogP contribution in [0.5, 0.6) is 5.75 Å². The number of aromatic nitrogens is 1. The van der Waals surface area contributed by atoms with E-state index in [2.05, 4.69) is 30.2 Å². The number of carbonyl (C=O) groups excluding carboxylic acids is 2. The van der Waals surface area contributed by atoms with E-state index in [4.69, 9.17) is 9.47 Å². The van der Waals surface area contributed by atoms with Gasteiger partial charge in [-0.1, -0.05) is 52.8 Å². The van der Waals surface area contributed by atoms with Crippen molar-refractivity contribution < 1.29 is 19.1 Å². The first-order valence-corrected chi connectivity index (χ1v) is 12.3. The van der Waals surface area contributed by atoms with Crippen molar-refractivity contribution in [2.75, 3.05) is 19.0 Å². The second-order valence-electron chi connectivity index (χ2n) is 10.6. The Morgan fingerprint density at radius 2 is 1.75 bits per heavy atom. The first-order valence-electron chi connectivity index (χ1n) is 12.3. The van der Waals surface area contributed by atoms with Gasteiger partial charge in [0.25, 0.3) is 0 Å². The van der Waals surface area contributed by atoms with E-state index in [0.29, 0.717) is 23.8 Å². The number of aromatic amines is 1. The number of Topliss-reactive ketones (excluding diaryl/α,β-unsaturated/α-hetero) is 1. The summed E-state index contributed by atoms with van der Waals surface area (Å²) in [6.07, 6.45) is 0.337. The summed E-state index contributed by atoms with van der Waals surface area (Å²) in [5.41, 5.74) is 4.23. The van der Waals surface area contributed by atoms with Gasteiger partial charge in [0.15, 0.2) is 5.78 Å². The fraction of sp³-hybridized carbons (Fsp3) is 0.333. The van der Waals surface area contributed by atoms with Crippen LogP contribution >= 0.6 is 0 Å². The van der Waals surface area contributed by atoms with Gasteiger partial charge in [-0.15, -0.1) is 0 Å². The zero-order valence-electron chi connectivity index (χ0n) is 21.8. The average molecular weight is 487 g/mol. The van der Waals surface area contributed by atoms with Gasteiger partial charge in [-0.05, 0) is 59.9 Å². The summed E-state index contributed by atoms with van der Waals surface area (Å²) in [6, 6.07) is 17.5. The van der Waals surface area contributed by atoms with Crippen molar-refractivity contribution in [3.05, 3.63) is 60.2 Å². The number of nitrogens with one attached hydrogen (secondary N) is 2. The fourth-order valence-corrected chi connectivity index (χ4v) is 4.18. The maximum Gasteiger partial charge on any atom is 0.411 e. The van der Waals surface area contributed by atoms with Crippen LogP contribution in [0.15, 0.2) is 54.6 Å². The lowest BCUT2D eigenvalue weighted by Gasteiger charge is -2.18. The van der Waals surface area contributed by atoms with Gasteiger partial charge in [-0.2, -0.15) is 0 Å². The third-order valence-corrected chi connectivity index (χ3v) is 6.21. The zero-order valence-corrected chi connectivity index (χ0v) is 21.8. The molecule has 0 fully saturated rings. The molecule has 36 heavy (non-hydrogen) atoms. The second kappa shape index (κ2) is 10.1. The molecule has 2 N–H and O–H groups in total. The number of amides is 1. The van der Waals surface area contributed by atoms with Crippen LogP contribution in [-0.2, 0) is 4.74 Å². The maximum absolute atomic E-state index is 13.5. The van der Waals surface area contributed by atoms with E-state index < -0.39 is 11.5 Å². The van der Waals surface area contributed by atoms with Gasteiger partial charge in [-0.3, -0.25) is 10.1 Å². The molecule has 0 aliphatic rings. The molecule has 0 saturated carbocycles. The molecular formula is C30H34N2O4. The number of anilines is 1. The van der Waals surface area contributed by atoms with Gasteiger partial charge in [0, 0.05) is 33.0 Å². The van der Waals surface area contributed by atoms with Crippen LogP contribution in [0.3, 0.4) is 0 Å². The number of benzene rings is 3. The molecule has 1 heterocycles. The quantitative estimate of drug-likeness (QED) is 0.261. The number of hydrogen-bond acceptors (Lipinski definition) is 4. The molecule has 188 valence electrons. The van der Waals surface area contributed by atoms with Crippen molar-refractivity contribution in [1.29, 1.82) is 0 Å². The van der Waals surface area contributed by atoms with E-state index in [1.807, 2.05) is 69.3 Å². The molecule has 4 aromatic rings. The van der Waals surface area contributed by atoms with Gasteiger partial charge in [-0.25, -0.2) is 4.79 Å². The van der Waals surface area contributed by atoms with E-state index >= 15 is 0 Å². The standard InChI is InChI=1S/C30H34N2O4/c1-18(2)12-13-36-29(34)31-21-10-11-23-24-15-20(19-8-7-9-22(14-19)35-6)16-25(28(33)30(3,4)5)27(24)32-26(23)17-21/h7-11,14-18,32H,12-13H2,1-6H3,(H,31,34). The summed E-state index contributed by atoms with van der Waals surface area (Å²) in [6.45, 7) is 10.3. The van der Waals surface area contributed by atoms with Crippen LogP contribution in [-0.4, -0.2) is 30.6 Å². The fourth-order valence-electron chi connectivity index (χ4n) is 4.18. The molecule has 4 rings (SSSR count). The van der Waals surface area contributed by atoms with Crippen LogP contribution in [0.1, 0.15) is 51.4 Å². The summed E-state index contributed by atoms with van der Waals surface area (Å²) < 4.78 is 10.7. The molecule has 1 aromatic heterocycles. The average Bonchev–Trinajstić information content (AvgIpc) is 3.20. The summed E-state index contributed by atoms with van der Waals surface area (Å²) in [5.74, 6) is 1.27. The molecule has 3 aromatic carbocycles. The maximum atomic E-state index is 13.5. The highest BCUT2D eigenvalue weighted by Crippen LogP contribution is 2.37. The highest BCUT2D eigenvalue weighted by Gasteiger charge is 2.26. The number of fused-ring (bicyclic) bond motifs is 3. The number of ketones is 1. The van der Waals surface area contributed by atoms with E-state index in [0.717, 1.165) is 45.1 Å². The number of ether oxygens (including phenoxy) is 2. The van der Waals surface area contributed by atoms with Gasteiger partial charge in [0.05, 0.1) is 19.2 Å². The molecule has 0 radical (unpaired) electrons. The van der Waals surface area contributed by atoms with Gasteiger partial charge in [0.1, 0.15) is 5.75 Å². The predicted molar refractivity (Wildman–Crippen MR) is 146 cm³/mol. The van der Waals surface area contributed by atoms with E-state index in [9.17, 15) is 9.59 Å². The zero-order chi connectivity index (χ0) is 26.0. The largest absolute Gasteiger partial charge is 0.497 e. The Kier molecular flexibility index (Phi) is 7.07. The van der Waals surface area contributed by atoms with Crippen molar-refractivity contribution in [3.8, 4) is 16.9 Å². The Morgan fingerprint density at radius 3 is 2.44 bits per heavy atom. The smallest absolute Gasteiger partial charge is 0.411 e. The lowest BCUT2D eigenvalue weighted by molar-refractivity contribution is 0.0860. The molecule has 0 saturated heterocycles. The predicted octanol–water partition coefficient (Wildman–Crippen LogP) is 7.82. The number of carbonyl (C=O) groups is 2. The second-order valence-corrected chi connectivity index (χ2v) is 10.6. The molecule has 0 bridgehead atoms. The molecule has 0 unspecified atom stereocenters. The van der Waals surface area contributed by atoms with Gasteiger partial charge >= 0.3 is 6.09 Å². The summed E-state index contributed by atoms with van der Waals surface area (Å²) in [5, 5.41) is 4.72. The Bertz CT molecular complexity index is 1430. The van der Waals surface area contributed by atoms with Crippen molar-refractivity contribution >= 4 is 39.4 Å². The molecule has 0 aliphatic heterocycles. The van der Waals surface area contributed by atoms with Crippen molar-refractivity contribution in [2.45, 2.75) is 41.0 Å². The summed E-state index contributed by atoms with van der Waals surface area (Å²) >= 11 is 0. The lowest BCUT2D eigenvalue weighted by Crippen LogP contribution is -2.20. The number of H-pyrrole nitrogens is 1. The first kappa shape index (κ1) is 25.3. The molecule has 6 heteroatoms. The topological polar surface area (TPSA) is 80.4 Å². The molecule has 0 spiro atoms. The third-order valence-electron chi connectivity index (χ3n) is 6.21. The van der Waals surface area contributed by atoms with Crippen LogP contribution < -0.4 is 10.1 Å². The molecule has 6 nitrogen and oxygen atoms in total.